The monoisotopic (exact) mass is 436 g/mol. The number of hydrogen-bond donors (Lipinski definition) is 2. The van der Waals surface area contributed by atoms with E-state index in [1.54, 1.807) is 5.38 Å². The average Bonchev–Trinajstić information content (AvgIpc) is 3.13. The number of anilines is 1. The Morgan fingerprint density at radius 1 is 1.27 bits per heavy atom. The minimum atomic E-state index is -4.08. The van der Waals surface area contributed by atoms with Crippen LogP contribution in [0.3, 0.4) is 0 Å². The highest BCUT2D eigenvalue weighted by molar-refractivity contribution is 7.89. The van der Waals surface area contributed by atoms with Crippen LogP contribution < -0.4 is 15.2 Å². The summed E-state index contributed by atoms with van der Waals surface area (Å²) in [5.74, 6) is -0.678. The van der Waals surface area contributed by atoms with Gasteiger partial charge >= 0.3 is 0 Å². The van der Waals surface area contributed by atoms with E-state index < -0.39 is 15.9 Å². The molecular formula is C14H14Cl2N4O4S2. The summed E-state index contributed by atoms with van der Waals surface area (Å²) in [4.78, 5) is 20.2. The summed E-state index contributed by atoms with van der Waals surface area (Å²) in [5, 5.41) is 2.43. The Balaban J connectivity index is 1.66. The van der Waals surface area contributed by atoms with E-state index in [-0.39, 0.29) is 20.6 Å². The van der Waals surface area contributed by atoms with Gasteiger partial charge in [0.15, 0.2) is 5.13 Å². The van der Waals surface area contributed by atoms with Crippen molar-refractivity contribution in [1.29, 1.82) is 0 Å². The molecule has 0 radical (unpaired) electrons. The van der Waals surface area contributed by atoms with Crippen molar-refractivity contribution in [3.63, 3.8) is 0 Å². The van der Waals surface area contributed by atoms with Gasteiger partial charge in [0.05, 0.1) is 18.2 Å². The maximum Gasteiger partial charge on any atom is 0.285 e. The number of hydrogen-bond acceptors (Lipinski definition) is 7. The van der Waals surface area contributed by atoms with E-state index in [0.717, 1.165) is 0 Å². The third-order valence-electron chi connectivity index (χ3n) is 3.49. The number of hydrazine groups is 1. The highest BCUT2D eigenvalue weighted by Crippen LogP contribution is 2.25. The number of carbonyl (C=O) groups excluding carboxylic acids is 1. The molecule has 0 saturated carbocycles. The Morgan fingerprint density at radius 2 is 2.00 bits per heavy atom. The lowest BCUT2D eigenvalue weighted by Gasteiger charge is -2.25. The molecule has 1 aromatic carbocycles. The smallest absolute Gasteiger partial charge is 0.285 e. The summed E-state index contributed by atoms with van der Waals surface area (Å²) in [6, 6.07) is 4.01. The van der Waals surface area contributed by atoms with Gasteiger partial charge in [0.25, 0.3) is 15.9 Å². The predicted molar refractivity (Wildman–Crippen MR) is 99.4 cm³/mol. The van der Waals surface area contributed by atoms with Crippen molar-refractivity contribution in [3.8, 4) is 0 Å². The zero-order valence-electron chi connectivity index (χ0n) is 13.2. The Hall–Kier alpha value is -1.43. The quantitative estimate of drug-likeness (QED) is 0.694. The van der Waals surface area contributed by atoms with Gasteiger partial charge in [0.1, 0.15) is 10.6 Å². The minimum Gasteiger partial charge on any atom is -0.378 e. The summed E-state index contributed by atoms with van der Waals surface area (Å²) in [6.45, 7) is 2.57. The molecule has 1 aromatic heterocycles. The molecule has 140 valence electrons. The van der Waals surface area contributed by atoms with Crippen molar-refractivity contribution in [3.05, 3.63) is 39.3 Å². The van der Waals surface area contributed by atoms with E-state index in [2.05, 4.69) is 10.4 Å². The number of aromatic nitrogens is 1. The molecule has 2 N–H and O–H groups in total. The molecule has 12 heteroatoms. The fraction of sp³-hybridized carbons (Fsp3) is 0.286. The Kier molecular flexibility index (Phi) is 6.00. The van der Waals surface area contributed by atoms with Crippen LogP contribution >= 0.6 is 34.5 Å². The van der Waals surface area contributed by atoms with Crippen molar-refractivity contribution in [2.75, 3.05) is 31.2 Å². The normalized spacial score (nSPS) is 15.1. The number of sulfonamides is 1. The lowest BCUT2D eigenvalue weighted by Crippen LogP contribution is -2.42. The minimum absolute atomic E-state index is 0.0144. The van der Waals surface area contributed by atoms with Gasteiger partial charge in [-0.05, 0) is 18.2 Å². The van der Waals surface area contributed by atoms with Gasteiger partial charge in [-0.2, -0.15) is 0 Å². The van der Waals surface area contributed by atoms with Crippen LogP contribution in [0.5, 0.6) is 0 Å². The van der Waals surface area contributed by atoms with Gasteiger partial charge in [0.2, 0.25) is 0 Å². The number of carbonyl (C=O) groups is 1. The van der Waals surface area contributed by atoms with Crippen molar-refractivity contribution in [2.24, 2.45) is 0 Å². The van der Waals surface area contributed by atoms with Crippen molar-refractivity contribution in [1.82, 2.24) is 15.2 Å². The van der Waals surface area contributed by atoms with E-state index in [0.29, 0.717) is 31.4 Å². The molecule has 0 spiro atoms. The Bertz CT molecular complexity index is 913. The van der Waals surface area contributed by atoms with E-state index in [1.165, 1.54) is 29.5 Å². The first-order valence-electron chi connectivity index (χ1n) is 7.42. The summed E-state index contributed by atoms with van der Waals surface area (Å²) < 4.78 is 29.8. The summed E-state index contributed by atoms with van der Waals surface area (Å²) in [7, 11) is -4.08. The molecule has 1 saturated heterocycles. The zero-order chi connectivity index (χ0) is 18.7. The van der Waals surface area contributed by atoms with Crippen molar-refractivity contribution >= 4 is 55.6 Å². The molecule has 1 fully saturated rings. The van der Waals surface area contributed by atoms with Gasteiger partial charge < -0.3 is 9.64 Å². The molecule has 2 aromatic rings. The standard InChI is InChI=1S/C14H14Cl2N4O4S2/c15-9-1-2-10(16)12(7-9)26(22,23)19-18-13(21)11-8-25-14(17-11)20-3-5-24-6-4-20/h1-2,7-8,19H,3-6H2,(H,18,21). The number of amides is 1. The molecular weight excluding hydrogens is 423 g/mol. The second-order valence-electron chi connectivity index (χ2n) is 5.25. The Morgan fingerprint density at radius 3 is 2.73 bits per heavy atom. The highest BCUT2D eigenvalue weighted by Gasteiger charge is 2.21. The molecule has 26 heavy (non-hydrogen) atoms. The number of benzene rings is 1. The molecule has 2 heterocycles. The number of ether oxygens (including phenoxy) is 1. The molecule has 1 aliphatic rings. The first-order valence-corrected chi connectivity index (χ1v) is 10.5. The largest absolute Gasteiger partial charge is 0.378 e. The summed E-state index contributed by atoms with van der Waals surface area (Å²) in [5.41, 5.74) is 2.23. The maximum absolute atomic E-state index is 12.3. The third-order valence-corrected chi connectivity index (χ3v) is 6.35. The fourth-order valence-corrected chi connectivity index (χ4v) is 4.65. The van der Waals surface area contributed by atoms with Crippen LogP contribution in [0.15, 0.2) is 28.5 Å². The van der Waals surface area contributed by atoms with Crippen LogP contribution in [0.1, 0.15) is 10.5 Å². The fourth-order valence-electron chi connectivity index (χ4n) is 2.18. The van der Waals surface area contributed by atoms with Gasteiger partial charge in [-0.15, -0.1) is 16.2 Å². The predicted octanol–water partition coefficient (Wildman–Crippen LogP) is 1.91. The number of nitrogens with zero attached hydrogens (tertiary/aromatic N) is 2. The third kappa shape index (κ3) is 4.45. The molecule has 8 nitrogen and oxygen atoms in total. The first-order chi connectivity index (χ1) is 12.4. The number of thiazole rings is 1. The van der Waals surface area contributed by atoms with E-state index in [1.807, 2.05) is 9.73 Å². The Labute approximate surface area is 164 Å². The van der Waals surface area contributed by atoms with Crippen LogP contribution in [0.25, 0.3) is 0 Å². The SMILES string of the molecule is O=C(NNS(=O)(=O)c1cc(Cl)ccc1Cl)c1csc(N2CCOCC2)n1. The molecule has 3 rings (SSSR count). The van der Waals surface area contributed by atoms with Gasteiger partial charge in [0, 0.05) is 23.5 Å². The van der Waals surface area contributed by atoms with Crippen molar-refractivity contribution < 1.29 is 17.9 Å². The molecule has 0 unspecified atom stereocenters. The topological polar surface area (TPSA) is 101 Å². The van der Waals surface area contributed by atoms with Crippen LogP contribution in [0.2, 0.25) is 10.0 Å². The first kappa shape index (κ1) is 19.3. The summed E-state index contributed by atoms with van der Waals surface area (Å²) >= 11 is 13.0. The van der Waals surface area contributed by atoms with Crippen LogP contribution in [-0.4, -0.2) is 45.6 Å². The molecule has 0 bridgehead atoms. The van der Waals surface area contributed by atoms with Gasteiger partial charge in [-0.25, -0.2) is 13.4 Å². The molecule has 0 aliphatic carbocycles. The number of nitrogens with one attached hydrogen (secondary N) is 2. The second-order valence-corrected chi connectivity index (χ2v) is 8.58. The van der Waals surface area contributed by atoms with Crippen LogP contribution in [0.4, 0.5) is 5.13 Å². The molecule has 1 aliphatic heterocycles. The second kappa shape index (κ2) is 8.07. The number of morpholine rings is 1. The van der Waals surface area contributed by atoms with Crippen LogP contribution in [0, 0.1) is 0 Å². The van der Waals surface area contributed by atoms with E-state index >= 15 is 0 Å². The maximum atomic E-state index is 12.3. The van der Waals surface area contributed by atoms with E-state index in [9.17, 15) is 13.2 Å². The number of halogens is 2. The van der Waals surface area contributed by atoms with E-state index in [4.69, 9.17) is 27.9 Å². The van der Waals surface area contributed by atoms with Crippen molar-refractivity contribution in [2.45, 2.75) is 4.90 Å². The van der Waals surface area contributed by atoms with Crippen LogP contribution in [-0.2, 0) is 14.8 Å². The number of rotatable bonds is 5. The summed E-state index contributed by atoms with van der Waals surface area (Å²) in [6.07, 6.45) is 0. The van der Waals surface area contributed by atoms with Gasteiger partial charge in [-0.1, -0.05) is 23.2 Å². The lowest BCUT2D eigenvalue weighted by atomic mass is 10.4. The zero-order valence-corrected chi connectivity index (χ0v) is 16.4. The lowest BCUT2D eigenvalue weighted by molar-refractivity contribution is 0.0940. The molecule has 0 atom stereocenters. The van der Waals surface area contributed by atoms with Gasteiger partial charge in [-0.3, -0.25) is 10.2 Å². The molecule has 1 amide bonds. The average molecular weight is 437 g/mol. The highest BCUT2D eigenvalue weighted by atomic mass is 35.5.